The zero-order valence-electron chi connectivity index (χ0n) is 16.1. The van der Waals surface area contributed by atoms with Crippen LogP contribution in [0.1, 0.15) is 17.0 Å². The Hall–Kier alpha value is -3.94. The van der Waals surface area contributed by atoms with Crippen molar-refractivity contribution in [2.24, 2.45) is 0 Å². The standard InChI is InChI=1S/C21H21N5O3/c1-14-6-9-16(10-7-14)23-21-25-18(24-20(22)26-21)13-29-19(27)11-8-15-4-3-5-17(12-15)28-2/h3-12H,13H2,1-2H3,(H3,22,23,24,25,26)/b11-8+. The summed E-state index contributed by atoms with van der Waals surface area (Å²) in [5, 5.41) is 3.05. The average molecular weight is 391 g/mol. The maximum atomic E-state index is 12.0. The lowest BCUT2D eigenvalue weighted by atomic mass is 10.2. The van der Waals surface area contributed by atoms with E-state index in [1.54, 1.807) is 19.3 Å². The number of anilines is 3. The Kier molecular flexibility index (Phi) is 6.36. The summed E-state index contributed by atoms with van der Waals surface area (Å²) in [5.41, 5.74) is 8.50. The highest BCUT2D eigenvalue weighted by Gasteiger charge is 2.07. The van der Waals surface area contributed by atoms with Gasteiger partial charge in [-0.15, -0.1) is 0 Å². The van der Waals surface area contributed by atoms with Crippen LogP contribution in [0.25, 0.3) is 6.08 Å². The third-order valence-corrected chi connectivity index (χ3v) is 3.86. The number of nitrogen functional groups attached to an aromatic ring is 1. The first-order chi connectivity index (χ1) is 14.0. The zero-order valence-corrected chi connectivity index (χ0v) is 16.1. The van der Waals surface area contributed by atoms with E-state index in [0.29, 0.717) is 5.75 Å². The summed E-state index contributed by atoms with van der Waals surface area (Å²) in [6.07, 6.45) is 2.96. The number of carbonyl (C=O) groups is 1. The van der Waals surface area contributed by atoms with Crippen LogP contribution in [-0.4, -0.2) is 28.0 Å². The molecule has 0 saturated heterocycles. The number of nitrogens with zero attached hydrogens (tertiary/aromatic N) is 3. The van der Waals surface area contributed by atoms with Gasteiger partial charge in [0.1, 0.15) is 5.75 Å². The molecule has 0 bridgehead atoms. The lowest BCUT2D eigenvalue weighted by Crippen LogP contribution is -2.10. The van der Waals surface area contributed by atoms with E-state index in [0.717, 1.165) is 16.8 Å². The molecule has 0 radical (unpaired) electrons. The fourth-order valence-corrected chi connectivity index (χ4v) is 2.42. The van der Waals surface area contributed by atoms with Gasteiger partial charge in [0.15, 0.2) is 12.4 Å². The molecule has 148 valence electrons. The number of carbonyl (C=O) groups excluding carboxylic acids is 1. The number of nitrogens with two attached hydrogens (primary N) is 1. The minimum atomic E-state index is -0.528. The maximum Gasteiger partial charge on any atom is 0.331 e. The van der Waals surface area contributed by atoms with E-state index in [1.807, 2.05) is 49.4 Å². The van der Waals surface area contributed by atoms with E-state index in [2.05, 4.69) is 20.3 Å². The van der Waals surface area contributed by atoms with Gasteiger partial charge in [-0.05, 0) is 42.8 Å². The van der Waals surface area contributed by atoms with Gasteiger partial charge in [-0.1, -0.05) is 29.8 Å². The fraction of sp³-hybridized carbons (Fsp3) is 0.143. The van der Waals surface area contributed by atoms with Gasteiger partial charge < -0.3 is 20.5 Å². The summed E-state index contributed by atoms with van der Waals surface area (Å²) in [6.45, 7) is 1.87. The summed E-state index contributed by atoms with van der Waals surface area (Å²) in [4.78, 5) is 24.3. The molecule has 8 nitrogen and oxygen atoms in total. The average Bonchev–Trinajstić information content (AvgIpc) is 2.72. The summed E-state index contributed by atoms with van der Waals surface area (Å²) >= 11 is 0. The minimum absolute atomic E-state index is 0.0348. The Labute approximate surface area is 168 Å². The van der Waals surface area contributed by atoms with Crippen molar-refractivity contribution >= 4 is 29.6 Å². The molecule has 1 heterocycles. The molecule has 0 unspecified atom stereocenters. The Morgan fingerprint density at radius 3 is 2.69 bits per heavy atom. The molecule has 0 amide bonds. The second-order valence-corrected chi connectivity index (χ2v) is 6.14. The van der Waals surface area contributed by atoms with Gasteiger partial charge in [0.25, 0.3) is 0 Å². The summed E-state index contributed by atoms with van der Waals surface area (Å²) in [7, 11) is 1.58. The van der Waals surface area contributed by atoms with Gasteiger partial charge in [0, 0.05) is 11.8 Å². The second-order valence-electron chi connectivity index (χ2n) is 6.14. The van der Waals surface area contributed by atoms with Crippen molar-refractivity contribution in [3.8, 4) is 5.75 Å². The molecule has 3 rings (SSSR count). The third-order valence-electron chi connectivity index (χ3n) is 3.86. The molecular weight excluding hydrogens is 370 g/mol. The lowest BCUT2D eigenvalue weighted by molar-refractivity contribution is -0.139. The molecule has 0 aliphatic carbocycles. The monoisotopic (exact) mass is 391 g/mol. The van der Waals surface area contributed by atoms with Crippen molar-refractivity contribution in [3.63, 3.8) is 0 Å². The van der Waals surface area contributed by atoms with Crippen LogP contribution in [0.15, 0.2) is 54.6 Å². The number of rotatable bonds is 7. The molecule has 0 fully saturated rings. The Morgan fingerprint density at radius 1 is 1.14 bits per heavy atom. The first-order valence-electron chi connectivity index (χ1n) is 8.85. The molecule has 0 aliphatic rings. The fourth-order valence-electron chi connectivity index (χ4n) is 2.42. The van der Waals surface area contributed by atoms with Crippen molar-refractivity contribution < 1.29 is 14.3 Å². The Bertz CT molecular complexity index is 1020. The van der Waals surface area contributed by atoms with Crippen LogP contribution in [0.4, 0.5) is 17.6 Å². The number of ether oxygens (including phenoxy) is 2. The first-order valence-corrected chi connectivity index (χ1v) is 8.85. The van der Waals surface area contributed by atoms with E-state index in [9.17, 15) is 4.79 Å². The number of aryl methyl sites for hydroxylation is 1. The van der Waals surface area contributed by atoms with Crippen LogP contribution in [0.2, 0.25) is 0 Å². The molecule has 3 aromatic rings. The number of methoxy groups -OCH3 is 1. The van der Waals surface area contributed by atoms with Gasteiger partial charge in [-0.3, -0.25) is 0 Å². The predicted octanol–water partition coefficient (Wildman–Crippen LogP) is 3.27. The maximum absolute atomic E-state index is 12.0. The van der Waals surface area contributed by atoms with E-state index < -0.39 is 5.97 Å². The second kappa shape index (κ2) is 9.32. The molecule has 0 atom stereocenters. The Balaban J connectivity index is 1.60. The summed E-state index contributed by atoms with van der Waals surface area (Å²) < 4.78 is 10.3. The van der Waals surface area contributed by atoms with Gasteiger partial charge >= 0.3 is 5.97 Å². The number of hydrogen-bond acceptors (Lipinski definition) is 8. The van der Waals surface area contributed by atoms with Crippen molar-refractivity contribution in [2.45, 2.75) is 13.5 Å². The third kappa shape index (κ3) is 6.03. The first kappa shape index (κ1) is 19.8. The Morgan fingerprint density at radius 2 is 1.93 bits per heavy atom. The highest BCUT2D eigenvalue weighted by atomic mass is 16.5. The molecule has 0 aliphatic heterocycles. The number of benzene rings is 2. The lowest BCUT2D eigenvalue weighted by Gasteiger charge is -2.07. The van der Waals surface area contributed by atoms with Crippen LogP contribution >= 0.6 is 0 Å². The van der Waals surface area contributed by atoms with Crippen molar-refractivity contribution in [2.75, 3.05) is 18.2 Å². The SMILES string of the molecule is COc1cccc(/C=C/C(=O)OCc2nc(N)nc(Nc3ccc(C)cc3)n2)c1. The predicted molar refractivity (Wildman–Crippen MR) is 111 cm³/mol. The van der Waals surface area contributed by atoms with Crippen LogP contribution in [0.5, 0.6) is 5.75 Å². The number of aromatic nitrogens is 3. The van der Waals surface area contributed by atoms with Gasteiger partial charge in [-0.25, -0.2) is 4.79 Å². The van der Waals surface area contributed by atoms with Crippen LogP contribution in [0, 0.1) is 6.92 Å². The highest BCUT2D eigenvalue weighted by molar-refractivity contribution is 5.87. The molecule has 1 aromatic heterocycles. The molecule has 2 aromatic carbocycles. The zero-order chi connectivity index (χ0) is 20.6. The molecular formula is C21H21N5O3. The highest BCUT2D eigenvalue weighted by Crippen LogP contribution is 2.15. The van der Waals surface area contributed by atoms with E-state index >= 15 is 0 Å². The quantitative estimate of drug-likeness (QED) is 0.466. The normalized spacial score (nSPS) is 10.7. The number of nitrogens with one attached hydrogen (secondary N) is 1. The smallest absolute Gasteiger partial charge is 0.331 e. The summed E-state index contributed by atoms with van der Waals surface area (Å²) in [6, 6.07) is 15.0. The minimum Gasteiger partial charge on any atom is -0.497 e. The topological polar surface area (TPSA) is 112 Å². The molecule has 29 heavy (non-hydrogen) atoms. The molecule has 0 saturated carbocycles. The van der Waals surface area contributed by atoms with Gasteiger partial charge in [0.2, 0.25) is 11.9 Å². The van der Waals surface area contributed by atoms with Crippen LogP contribution < -0.4 is 15.8 Å². The van der Waals surface area contributed by atoms with E-state index in [1.165, 1.54) is 6.08 Å². The number of esters is 1. The van der Waals surface area contributed by atoms with Crippen molar-refractivity contribution in [1.82, 2.24) is 15.0 Å². The van der Waals surface area contributed by atoms with E-state index in [4.69, 9.17) is 15.2 Å². The van der Waals surface area contributed by atoms with Crippen molar-refractivity contribution in [1.29, 1.82) is 0 Å². The van der Waals surface area contributed by atoms with E-state index in [-0.39, 0.29) is 24.3 Å². The van der Waals surface area contributed by atoms with Crippen molar-refractivity contribution in [3.05, 3.63) is 71.6 Å². The largest absolute Gasteiger partial charge is 0.497 e. The van der Waals surface area contributed by atoms with Gasteiger partial charge in [0.05, 0.1) is 7.11 Å². The number of hydrogen-bond donors (Lipinski definition) is 2. The van der Waals surface area contributed by atoms with Crippen LogP contribution in [0.3, 0.4) is 0 Å². The molecule has 0 spiro atoms. The molecule has 8 heteroatoms. The van der Waals surface area contributed by atoms with Gasteiger partial charge in [-0.2, -0.15) is 15.0 Å². The molecule has 3 N–H and O–H groups in total. The summed E-state index contributed by atoms with van der Waals surface area (Å²) in [5.74, 6) is 0.733. The van der Waals surface area contributed by atoms with Crippen LogP contribution in [-0.2, 0) is 16.1 Å².